The van der Waals surface area contributed by atoms with Gasteiger partial charge >= 0.3 is 12.1 Å². The summed E-state index contributed by atoms with van der Waals surface area (Å²) in [5.41, 5.74) is 1.11. The quantitative estimate of drug-likeness (QED) is 0.849. The Morgan fingerprint density at radius 2 is 2.00 bits per heavy atom. The number of amides is 1. The molecule has 0 fully saturated rings. The summed E-state index contributed by atoms with van der Waals surface area (Å²) in [4.78, 5) is 24.8. The maximum absolute atomic E-state index is 12.1. The zero-order valence-corrected chi connectivity index (χ0v) is 13.2. The minimum absolute atomic E-state index is 0.138. The number of carbonyl (C=O) groups is 2. The molecule has 0 spiro atoms. The van der Waals surface area contributed by atoms with Crippen LogP contribution in [-0.4, -0.2) is 29.3 Å². The first kappa shape index (κ1) is 14.8. The lowest BCUT2D eigenvalue weighted by Crippen LogP contribution is -2.35. The summed E-state index contributed by atoms with van der Waals surface area (Å²) in [6.07, 6.45) is 0.238. The fraction of sp³-hybridized carbons (Fsp3) is 0.429. The normalized spacial score (nSPS) is 14.1. The van der Waals surface area contributed by atoms with Crippen molar-refractivity contribution in [2.75, 3.05) is 11.4 Å². The van der Waals surface area contributed by atoms with Gasteiger partial charge in [-0.1, -0.05) is 0 Å². The Hall–Kier alpha value is -1.56. The lowest BCUT2D eigenvalue weighted by molar-refractivity contribution is 0.0582. The molecule has 0 unspecified atom stereocenters. The van der Waals surface area contributed by atoms with Gasteiger partial charge in [0.25, 0.3) is 0 Å². The van der Waals surface area contributed by atoms with Gasteiger partial charge in [-0.25, -0.2) is 9.59 Å². The molecule has 1 amide bonds. The van der Waals surface area contributed by atoms with Gasteiger partial charge in [-0.3, -0.25) is 4.90 Å². The van der Waals surface area contributed by atoms with Crippen molar-refractivity contribution < 1.29 is 19.4 Å². The number of rotatable bonds is 1. The minimum atomic E-state index is -1.03. The number of halogens is 1. The van der Waals surface area contributed by atoms with Gasteiger partial charge in [-0.2, -0.15) is 0 Å². The summed E-state index contributed by atoms with van der Waals surface area (Å²) >= 11 is 3.24. The maximum atomic E-state index is 12.1. The molecule has 1 heterocycles. The van der Waals surface area contributed by atoms with Gasteiger partial charge in [-0.15, -0.1) is 0 Å². The van der Waals surface area contributed by atoms with Crippen molar-refractivity contribution in [3.05, 3.63) is 27.7 Å². The summed E-state index contributed by atoms with van der Waals surface area (Å²) in [7, 11) is 0. The molecule has 1 aromatic rings. The van der Waals surface area contributed by atoms with E-state index in [1.54, 1.807) is 26.8 Å². The fourth-order valence-electron chi connectivity index (χ4n) is 2.08. The first-order valence-corrected chi connectivity index (χ1v) is 7.04. The average molecular weight is 342 g/mol. The van der Waals surface area contributed by atoms with Crippen LogP contribution in [0.2, 0.25) is 0 Å². The molecular weight excluding hydrogens is 326 g/mol. The van der Waals surface area contributed by atoms with Crippen molar-refractivity contribution in [2.24, 2.45) is 0 Å². The lowest BCUT2D eigenvalue weighted by atomic mass is 10.1. The number of carboxylic acid groups (broad SMARTS) is 1. The number of ether oxygens (including phenoxy) is 1. The molecule has 0 bridgehead atoms. The third-order valence-corrected chi connectivity index (χ3v) is 3.56. The second kappa shape index (κ2) is 5.09. The van der Waals surface area contributed by atoms with E-state index in [0.717, 1.165) is 5.56 Å². The Balaban J connectivity index is 2.35. The van der Waals surface area contributed by atoms with Crippen LogP contribution in [-0.2, 0) is 11.2 Å². The molecule has 5 nitrogen and oxygen atoms in total. The van der Waals surface area contributed by atoms with E-state index in [1.807, 2.05) is 0 Å². The third-order valence-electron chi connectivity index (χ3n) is 2.91. The van der Waals surface area contributed by atoms with E-state index in [2.05, 4.69) is 15.9 Å². The summed E-state index contributed by atoms with van der Waals surface area (Å²) < 4.78 is 5.86. The smallest absolute Gasteiger partial charge is 0.414 e. The molecule has 20 heavy (non-hydrogen) atoms. The van der Waals surface area contributed by atoms with Crippen LogP contribution in [0.15, 0.2) is 16.6 Å². The Bertz CT molecular complexity index is 577. The van der Waals surface area contributed by atoms with Crippen LogP contribution in [0.25, 0.3) is 0 Å². The number of benzene rings is 1. The Morgan fingerprint density at radius 1 is 1.35 bits per heavy atom. The molecule has 2 rings (SSSR count). The molecule has 0 aromatic heterocycles. The molecule has 0 atom stereocenters. The van der Waals surface area contributed by atoms with Crippen molar-refractivity contribution >= 4 is 33.7 Å². The third kappa shape index (κ3) is 2.95. The van der Waals surface area contributed by atoms with E-state index < -0.39 is 17.7 Å². The highest BCUT2D eigenvalue weighted by Crippen LogP contribution is 2.34. The molecule has 6 heteroatoms. The van der Waals surface area contributed by atoms with Crippen LogP contribution in [0.5, 0.6) is 0 Å². The Labute approximate surface area is 125 Å². The second-order valence-electron chi connectivity index (χ2n) is 5.65. The molecule has 1 N–H and O–H groups in total. The Morgan fingerprint density at radius 3 is 2.55 bits per heavy atom. The fourth-order valence-corrected chi connectivity index (χ4v) is 2.64. The molecule has 1 aliphatic heterocycles. The largest absolute Gasteiger partial charge is 0.478 e. The van der Waals surface area contributed by atoms with Crippen LogP contribution in [0, 0.1) is 0 Å². The summed E-state index contributed by atoms with van der Waals surface area (Å²) in [6.45, 7) is 5.89. The molecule has 108 valence electrons. The predicted octanol–water partition coefficient (Wildman–Crippen LogP) is 3.44. The highest BCUT2D eigenvalue weighted by atomic mass is 79.9. The molecule has 1 aliphatic rings. The van der Waals surface area contributed by atoms with Gasteiger partial charge in [0, 0.05) is 11.0 Å². The number of aromatic carboxylic acids is 1. The number of carbonyl (C=O) groups excluding carboxylic acids is 1. The number of nitrogens with zero attached hydrogens (tertiary/aromatic N) is 1. The van der Waals surface area contributed by atoms with E-state index in [4.69, 9.17) is 9.84 Å². The van der Waals surface area contributed by atoms with E-state index in [0.29, 0.717) is 23.1 Å². The monoisotopic (exact) mass is 341 g/mol. The van der Waals surface area contributed by atoms with Gasteiger partial charge in [0.15, 0.2) is 0 Å². The Kier molecular flexibility index (Phi) is 3.77. The van der Waals surface area contributed by atoms with Crippen molar-refractivity contribution in [3.8, 4) is 0 Å². The van der Waals surface area contributed by atoms with Crippen LogP contribution in [0.1, 0.15) is 36.7 Å². The molecule has 0 saturated heterocycles. The van der Waals surface area contributed by atoms with Crippen molar-refractivity contribution in [1.82, 2.24) is 0 Å². The summed E-state index contributed by atoms with van der Waals surface area (Å²) in [5, 5.41) is 9.14. The molecule has 0 saturated carbocycles. The molecule has 0 aliphatic carbocycles. The zero-order valence-electron chi connectivity index (χ0n) is 11.6. The molecule has 1 aromatic carbocycles. The number of fused-ring (bicyclic) bond motifs is 1. The van der Waals surface area contributed by atoms with Gasteiger partial charge in [-0.05, 0) is 60.8 Å². The van der Waals surface area contributed by atoms with Crippen LogP contribution < -0.4 is 4.90 Å². The lowest BCUT2D eigenvalue weighted by Gasteiger charge is -2.25. The highest BCUT2D eigenvalue weighted by molar-refractivity contribution is 9.10. The topological polar surface area (TPSA) is 66.8 Å². The van der Waals surface area contributed by atoms with Crippen molar-refractivity contribution in [3.63, 3.8) is 0 Å². The van der Waals surface area contributed by atoms with Crippen LogP contribution >= 0.6 is 15.9 Å². The van der Waals surface area contributed by atoms with Gasteiger partial charge in [0.2, 0.25) is 0 Å². The summed E-state index contributed by atoms with van der Waals surface area (Å²) in [5.74, 6) is -1.03. The van der Waals surface area contributed by atoms with E-state index in [9.17, 15) is 9.59 Å². The molecular formula is C14H16BrNO4. The number of carboxylic acids is 1. The minimum Gasteiger partial charge on any atom is -0.478 e. The van der Waals surface area contributed by atoms with Crippen LogP contribution in [0.3, 0.4) is 0 Å². The standard InChI is InChI=1S/C14H16BrNO4/c1-14(2,3)20-13(19)16-5-4-8-6-10(15)9(12(17)18)7-11(8)16/h6-7H,4-5H2,1-3H3,(H,17,18). The van der Waals surface area contributed by atoms with Crippen molar-refractivity contribution in [2.45, 2.75) is 32.8 Å². The predicted molar refractivity (Wildman–Crippen MR) is 78.4 cm³/mol. The molecule has 0 radical (unpaired) electrons. The zero-order chi connectivity index (χ0) is 15.1. The van der Waals surface area contributed by atoms with E-state index in [1.165, 1.54) is 11.0 Å². The van der Waals surface area contributed by atoms with E-state index in [-0.39, 0.29) is 5.56 Å². The first-order chi connectivity index (χ1) is 9.19. The first-order valence-electron chi connectivity index (χ1n) is 6.25. The number of hydrogen-bond donors (Lipinski definition) is 1. The SMILES string of the molecule is CC(C)(C)OC(=O)N1CCc2cc(Br)c(C(=O)O)cc21. The average Bonchev–Trinajstić information content (AvgIpc) is 2.67. The second-order valence-corrected chi connectivity index (χ2v) is 6.50. The van der Waals surface area contributed by atoms with Crippen molar-refractivity contribution in [1.29, 1.82) is 0 Å². The number of anilines is 1. The van der Waals surface area contributed by atoms with Crippen LogP contribution in [0.4, 0.5) is 10.5 Å². The number of hydrogen-bond acceptors (Lipinski definition) is 3. The highest BCUT2D eigenvalue weighted by Gasteiger charge is 2.30. The maximum Gasteiger partial charge on any atom is 0.414 e. The van der Waals surface area contributed by atoms with Gasteiger partial charge in [0.05, 0.1) is 11.3 Å². The summed E-state index contributed by atoms with van der Waals surface area (Å²) in [6, 6.07) is 3.27. The van der Waals surface area contributed by atoms with Gasteiger partial charge in [0.1, 0.15) is 5.60 Å². The van der Waals surface area contributed by atoms with Gasteiger partial charge < -0.3 is 9.84 Å². The van der Waals surface area contributed by atoms with E-state index >= 15 is 0 Å².